The van der Waals surface area contributed by atoms with E-state index in [2.05, 4.69) is 4.98 Å². The molecule has 0 aliphatic carbocycles. The molecule has 1 N–H and O–H groups in total. The molecule has 2 aromatic rings. The summed E-state index contributed by atoms with van der Waals surface area (Å²) in [4.78, 5) is 17.6. The molecule has 6 heteroatoms. The van der Waals surface area contributed by atoms with Gasteiger partial charge in [-0.2, -0.15) is 0 Å². The third-order valence-electron chi connectivity index (χ3n) is 3.84. The third-order valence-corrected chi connectivity index (χ3v) is 4.37. The van der Waals surface area contributed by atoms with Gasteiger partial charge in [0.2, 0.25) is 5.91 Å². The summed E-state index contributed by atoms with van der Waals surface area (Å²) in [7, 11) is 0. The molecule has 106 valence electrons. The highest BCUT2D eigenvalue weighted by molar-refractivity contribution is 7.71. The summed E-state index contributed by atoms with van der Waals surface area (Å²) in [6.07, 6.45) is 2.18. The van der Waals surface area contributed by atoms with Gasteiger partial charge in [-0.1, -0.05) is 11.6 Å². The molecule has 0 radical (unpaired) electrons. The van der Waals surface area contributed by atoms with E-state index < -0.39 is 0 Å². The van der Waals surface area contributed by atoms with Gasteiger partial charge in [0.15, 0.2) is 4.77 Å². The zero-order chi connectivity index (χ0) is 14.3. The molecule has 3 rings (SSSR count). The number of H-pyrrole nitrogens is 1. The van der Waals surface area contributed by atoms with Crippen LogP contribution in [0.15, 0.2) is 18.2 Å². The molecule has 0 saturated carbocycles. The van der Waals surface area contributed by atoms with Crippen molar-refractivity contribution in [3.63, 3.8) is 0 Å². The van der Waals surface area contributed by atoms with Gasteiger partial charge < -0.3 is 14.5 Å². The van der Waals surface area contributed by atoms with Gasteiger partial charge in [0, 0.05) is 18.1 Å². The third kappa shape index (κ3) is 2.25. The summed E-state index contributed by atoms with van der Waals surface area (Å²) < 4.78 is 2.43. The van der Waals surface area contributed by atoms with E-state index in [4.69, 9.17) is 23.8 Å². The van der Waals surface area contributed by atoms with Gasteiger partial charge in [0.05, 0.1) is 11.0 Å². The number of nitrogens with one attached hydrogen (secondary N) is 1. The number of benzene rings is 1. The van der Waals surface area contributed by atoms with Crippen LogP contribution in [0.3, 0.4) is 0 Å². The largest absolute Gasteiger partial charge is 0.341 e. The smallest absolute Gasteiger partial charge is 0.245 e. The summed E-state index contributed by atoms with van der Waals surface area (Å²) in [5.74, 6) is 0.134. The first-order valence-corrected chi connectivity index (χ1v) is 7.55. The lowest BCUT2D eigenvalue weighted by Crippen LogP contribution is -2.33. The van der Waals surface area contributed by atoms with Gasteiger partial charge in [-0.3, -0.25) is 4.79 Å². The van der Waals surface area contributed by atoms with Crippen LogP contribution in [0.1, 0.15) is 25.8 Å². The van der Waals surface area contributed by atoms with Gasteiger partial charge in [-0.05, 0) is 50.2 Å². The Morgan fingerprint density at radius 3 is 2.80 bits per heavy atom. The minimum atomic E-state index is -0.296. The number of halogens is 1. The maximum absolute atomic E-state index is 12.5. The topological polar surface area (TPSA) is 41.0 Å². The molecule has 0 bridgehead atoms. The second-order valence-electron chi connectivity index (χ2n) is 5.17. The van der Waals surface area contributed by atoms with Crippen LogP contribution in [-0.4, -0.2) is 33.4 Å². The summed E-state index contributed by atoms with van der Waals surface area (Å²) in [6.45, 7) is 3.60. The Bertz CT molecular complexity index is 715. The number of hydrogen-bond acceptors (Lipinski definition) is 2. The second kappa shape index (κ2) is 5.22. The van der Waals surface area contributed by atoms with E-state index in [-0.39, 0.29) is 11.9 Å². The van der Waals surface area contributed by atoms with Crippen LogP contribution < -0.4 is 0 Å². The van der Waals surface area contributed by atoms with Crippen LogP contribution in [0.25, 0.3) is 11.0 Å². The average molecular weight is 310 g/mol. The van der Waals surface area contributed by atoms with Crippen LogP contribution in [0.5, 0.6) is 0 Å². The van der Waals surface area contributed by atoms with E-state index in [0.717, 1.165) is 37.0 Å². The number of aromatic nitrogens is 2. The number of amides is 1. The van der Waals surface area contributed by atoms with Crippen molar-refractivity contribution in [1.29, 1.82) is 0 Å². The van der Waals surface area contributed by atoms with E-state index in [1.807, 2.05) is 34.6 Å². The van der Waals surface area contributed by atoms with Crippen molar-refractivity contribution >= 4 is 40.8 Å². The standard InChI is InChI=1S/C14H16ClN3OS/c1-9(13(19)17-6-2-3-7-17)18-12-5-4-10(15)8-11(12)16-14(18)20/h4-5,8-9H,2-3,6-7H2,1H3,(H,16,20). The van der Waals surface area contributed by atoms with Crippen molar-refractivity contribution in [3.8, 4) is 0 Å². The predicted molar refractivity (Wildman–Crippen MR) is 82.7 cm³/mol. The molecule has 0 spiro atoms. The van der Waals surface area contributed by atoms with Crippen LogP contribution in [0, 0.1) is 4.77 Å². The van der Waals surface area contributed by atoms with E-state index >= 15 is 0 Å². The van der Waals surface area contributed by atoms with Crippen LogP contribution in [0.2, 0.25) is 5.02 Å². The molecule has 1 saturated heterocycles. The molecule has 1 unspecified atom stereocenters. The number of carbonyl (C=O) groups is 1. The first kappa shape index (κ1) is 13.6. The number of nitrogens with zero attached hydrogens (tertiary/aromatic N) is 2. The van der Waals surface area contributed by atoms with Gasteiger partial charge in [0.1, 0.15) is 6.04 Å². The van der Waals surface area contributed by atoms with Crippen LogP contribution in [-0.2, 0) is 4.79 Å². The number of rotatable bonds is 2. The van der Waals surface area contributed by atoms with Crippen molar-refractivity contribution in [2.75, 3.05) is 13.1 Å². The summed E-state index contributed by atoms with van der Waals surface area (Å²) in [5.41, 5.74) is 1.78. The molecule has 1 aromatic carbocycles. The second-order valence-corrected chi connectivity index (χ2v) is 5.99. The number of carbonyl (C=O) groups excluding carboxylic acids is 1. The zero-order valence-electron chi connectivity index (χ0n) is 11.2. The van der Waals surface area contributed by atoms with Crippen molar-refractivity contribution in [1.82, 2.24) is 14.5 Å². The highest BCUT2D eigenvalue weighted by Crippen LogP contribution is 2.24. The number of fused-ring (bicyclic) bond motifs is 1. The lowest BCUT2D eigenvalue weighted by atomic mass is 10.2. The summed E-state index contributed by atoms with van der Waals surface area (Å²) >= 11 is 11.3. The predicted octanol–water partition coefficient (Wildman–Crippen LogP) is 3.54. The molecule has 1 aliphatic heterocycles. The minimum Gasteiger partial charge on any atom is -0.341 e. The van der Waals surface area contributed by atoms with E-state index in [0.29, 0.717) is 9.79 Å². The zero-order valence-corrected chi connectivity index (χ0v) is 12.8. The van der Waals surface area contributed by atoms with Crippen molar-refractivity contribution in [2.45, 2.75) is 25.8 Å². The molecular formula is C14H16ClN3OS. The molecule has 1 fully saturated rings. The fourth-order valence-electron chi connectivity index (χ4n) is 2.80. The molecule has 1 amide bonds. The molecular weight excluding hydrogens is 294 g/mol. The minimum absolute atomic E-state index is 0.134. The van der Waals surface area contributed by atoms with Crippen LogP contribution >= 0.6 is 23.8 Å². The first-order chi connectivity index (χ1) is 9.58. The van der Waals surface area contributed by atoms with E-state index in [1.165, 1.54) is 0 Å². The average Bonchev–Trinajstić information content (AvgIpc) is 3.03. The Balaban J connectivity index is 2.02. The summed E-state index contributed by atoms with van der Waals surface area (Å²) in [5, 5.41) is 0.652. The van der Waals surface area contributed by atoms with Gasteiger partial charge in [0.25, 0.3) is 0 Å². The molecule has 1 aliphatic rings. The van der Waals surface area contributed by atoms with Crippen LogP contribution in [0.4, 0.5) is 0 Å². The Labute approximate surface area is 127 Å². The Kier molecular flexibility index (Phi) is 3.56. The monoisotopic (exact) mass is 309 g/mol. The fraction of sp³-hybridized carbons (Fsp3) is 0.429. The molecule has 1 aromatic heterocycles. The van der Waals surface area contributed by atoms with Gasteiger partial charge in [-0.15, -0.1) is 0 Å². The van der Waals surface area contributed by atoms with E-state index in [1.54, 1.807) is 0 Å². The number of hydrogen-bond donors (Lipinski definition) is 1. The Hall–Kier alpha value is -1.33. The maximum atomic E-state index is 12.5. The van der Waals surface area contributed by atoms with Crippen molar-refractivity contribution in [3.05, 3.63) is 28.0 Å². The lowest BCUT2D eigenvalue weighted by molar-refractivity contribution is -0.133. The highest BCUT2D eigenvalue weighted by Gasteiger charge is 2.25. The fourth-order valence-corrected chi connectivity index (χ4v) is 3.34. The number of imidazole rings is 1. The Morgan fingerprint density at radius 2 is 2.10 bits per heavy atom. The van der Waals surface area contributed by atoms with E-state index in [9.17, 15) is 4.79 Å². The first-order valence-electron chi connectivity index (χ1n) is 6.76. The van der Waals surface area contributed by atoms with Gasteiger partial charge >= 0.3 is 0 Å². The maximum Gasteiger partial charge on any atom is 0.245 e. The number of aromatic amines is 1. The SMILES string of the molecule is CC(C(=O)N1CCCC1)n1c(=S)[nH]c2cc(Cl)ccc21. The molecule has 1 atom stereocenters. The normalized spacial score (nSPS) is 16.8. The molecule has 2 heterocycles. The van der Waals surface area contributed by atoms with Crippen molar-refractivity contribution in [2.24, 2.45) is 0 Å². The number of likely N-dealkylation sites (tertiary alicyclic amines) is 1. The highest BCUT2D eigenvalue weighted by atomic mass is 35.5. The lowest BCUT2D eigenvalue weighted by Gasteiger charge is -2.21. The van der Waals surface area contributed by atoms with Gasteiger partial charge in [-0.25, -0.2) is 0 Å². The quantitative estimate of drug-likeness (QED) is 0.862. The Morgan fingerprint density at radius 1 is 1.40 bits per heavy atom. The molecule has 4 nitrogen and oxygen atoms in total. The molecule has 20 heavy (non-hydrogen) atoms. The summed E-state index contributed by atoms with van der Waals surface area (Å²) in [6, 6.07) is 5.25. The van der Waals surface area contributed by atoms with Crippen molar-refractivity contribution < 1.29 is 4.79 Å².